The SMILES string of the molecule is Nc1[nH]nc2c1c(C(F)F)nn2-c1ccc(Cl)c(Cl)c1. The molecule has 0 bridgehead atoms. The van der Waals surface area contributed by atoms with Gasteiger partial charge in [0.1, 0.15) is 11.5 Å². The van der Waals surface area contributed by atoms with Gasteiger partial charge in [0, 0.05) is 0 Å². The Morgan fingerprint density at radius 2 is 2.00 bits per heavy atom. The molecular formula is C11H7Cl2F2N5. The molecule has 0 radical (unpaired) electrons. The average molecular weight is 318 g/mol. The lowest BCUT2D eigenvalue weighted by atomic mass is 10.3. The Kier molecular flexibility index (Phi) is 3.02. The predicted octanol–water partition coefficient (Wildman–Crippen LogP) is 3.58. The molecule has 0 saturated carbocycles. The molecule has 0 atom stereocenters. The number of nitrogen functional groups attached to an aromatic ring is 1. The Labute approximate surface area is 121 Å². The van der Waals surface area contributed by atoms with Crippen LogP contribution in [0.15, 0.2) is 18.2 Å². The first kappa shape index (κ1) is 13.1. The maximum Gasteiger partial charge on any atom is 0.282 e. The zero-order valence-electron chi connectivity index (χ0n) is 9.74. The third-order valence-electron chi connectivity index (χ3n) is 2.79. The summed E-state index contributed by atoms with van der Waals surface area (Å²) in [4.78, 5) is 0. The van der Waals surface area contributed by atoms with Crippen molar-refractivity contribution in [3.05, 3.63) is 33.9 Å². The molecule has 0 aliphatic heterocycles. The number of fused-ring (bicyclic) bond motifs is 1. The Morgan fingerprint density at radius 3 is 2.65 bits per heavy atom. The highest BCUT2D eigenvalue weighted by molar-refractivity contribution is 6.42. The number of hydrogen-bond acceptors (Lipinski definition) is 3. The van der Waals surface area contributed by atoms with Crippen LogP contribution >= 0.6 is 23.2 Å². The second-order valence-electron chi connectivity index (χ2n) is 4.03. The van der Waals surface area contributed by atoms with E-state index in [0.29, 0.717) is 10.7 Å². The highest BCUT2D eigenvalue weighted by atomic mass is 35.5. The van der Waals surface area contributed by atoms with Crippen LogP contribution in [0, 0.1) is 0 Å². The second-order valence-corrected chi connectivity index (χ2v) is 4.85. The van der Waals surface area contributed by atoms with E-state index in [1.54, 1.807) is 12.1 Å². The van der Waals surface area contributed by atoms with Gasteiger partial charge in [-0.05, 0) is 18.2 Å². The minimum Gasteiger partial charge on any atom is -0.383 e. The molecule has 0 aliphatic rings. The van der Waals surface area contributed by atoms with Gasteiger partial charge in [0.2, 0.25) is 0 Å². The maximum absolute atomic E-state index is 13.0. The number of alkyl halides is 2. The molecule has 1 aromatic carbocycles. The van der Waals surface area contributed by atoms with Gasteiger partial charge in [-0.15, -0.1) is 0 Å². The van der Waals surface area contributed by atoms with E-state index in [9.17, 15) is 8.78 Å². The van der Waals surface area contributed by atoms with Crippen molar-refractivity contribution in [3.63, 3.8) is 0 Å². The third-order valence-corrected chi connectivity index (χ3v) is 3.53. The highest BCUT2D eigenvalue weighted by Gasteiger charge is 2.23. The number of aromatic amines is 1. The fourth-order valence-corrected chi connectivity index (χ4v) is 2.20. The van der Waals surface area contributed by atoms with Crippen LogP contribution in [-0.2, 0) is 0 Å². The van der Waals surface area contributed by atoms with Gasteiger partial charge < -0.3 is 5.73 Å². The zero-order chi connectivity index (χ0) is 14.4. The topological polar surface area (TPSA) is 72.5 Å². The number of rotatable bonds is 2. The van der Waals surface area contributed by atoms with Crippen molar-refractivity contribution in [1.82, 2.24) is 20.0 Å². The van der Waals surface area contributed by atoms with Crippen LogP contribution < -0.4 is 5.73 Å². The number of H-pyrrole nitrogens is 1. The maximum atomic E-state index is 13.0. The number of halogens is 4. The first-order chi connectivity index (χ1) is 9.49. The van der Waals surface area contributed by atoms with E-state index in [1.165, 1.54) is 10.7 Å². The molecular weight excluding hydrogens is 311 g/mol. The molecule has 0 saturated heterocycles. The van der Waals surface area contributed by atoms with E-state index < -0.39 is 12.1 Å². The standard InChI is InChI=1S/C11H7Cl2F2N5/c12-5-2-1-4(3-6(5)13)20-11-7(10(16)17-18-11)8(19-20)9(14)15/h1-3,9H,(H3,16,17,18). The molecule has 0 aliphatic carbocycles. The van der Waals surface area contributed by atoms with Crippen molar-refractivity contribution in [2.24, 2.45) is 0 Å². The summed E-state index contributed by atoms with van der Waals surface area (Å²) in [7, 11) is 0. The molecule has 9 heteroatoms. The molecule has 0 amide bonds. The Bertz CT molecular complexity index is 796. The van der Waals surface area contributed by atoms with Crippen LogP contribution in [0.3, 0.4) is 0 Å². The highest BCUT2D eigenvalue weighted by Crippen LogP contribution is 2.32. The summed E-state index contributed by atoms with van der Waals surface area (Å²) < 4.78 is 27.3. The molecule has 2 aromatic heterocycles. The number of nitrogens with two attached hydrogens (primary N) is 1. The van der Waals surface area contributed by atoms with Crippen LogP contribution in [0.4, 0.5) is 14.6 Å². The van der Waals surface area contributed by atoms with Crippen LogP contribution in [0.1, 0.15) is 12.1 Å². The van der Waals surface area contributed by atoms with Crippen LogP contribution in [0.2, 0.25) is 10.0 Å². The molecule has 0 fully saturated rings. The molecule has 104 valence electrons. The van der Waals surface area contributed by atoms with Crippen molar-refractivity contribution in [3.8, 4) is 5.69 Å². The van der Waals surface area contributed by atoms with Crippen molar-refractivity contribution in [2.75, 3.05) is 5.73 Å². The molecule has 3 N–H and O–H groups in total. The first-order valence-corrected chi connectivity index (χ1v) is 6.20. The fourth-order valence-electron chi connectivity index (χ4n) is 1.91. The van der Waals surface area contributed by atoms with E-state index in [1.807, 2.05) is 0 Å². The molecule has 2 heterocycles. The summed E-state index contributed by atoms with van der Waals surface area (Å²) in [5.74, 6) is 0.0432. The van der Waals surface area contributed by atoms with E-state index >= 15 is 0 Å². The van der Waals surface area contributed by atoms with Crippen molar-refractivity contribution in [2.45, 2.75) is 6.43 Å². The van der Waals surface area contributed by atoms with Crippen LogP contribution in [0.5, 0.6) is 0 Å². The Hall–Kier alpha value is -1.86. The lowest BCUT2D eigenvalue weighted by Crippen LogP contribution is -1.99. The quantitative estimate of drug-likeness (QED) is 0.758. The van der Waals surface area contributed by atoms with Crippen molar-refractivity contribution in [1.29, 1.82) is 0 Å². The number of anilines is 1. The first-order valence-electron chi connectivity index (χ1n) is 5.45. The lowest BCUT2D eigenvalue weighted by Gasteiger charge is -2.03. The second kappa shape index (κ2) is 4.60. The third kappa shape index (κ3) is 1.90. The van der Waals surface area contributed by atoms with Gasteiger partial charge in [-0.3, -0.25) is 5.10 Å². The molecule has 3 rings (SSSR count). The molecule has 0 unspecified atom stereocenters. The van der Waals surface area contributed by atoms with E-state index in [0.717, 1.165) is 0 Å². The summed E-state index contributed by atoms with van der Waals surface area (Å²) in [6, 6.07) is 4.65. The number of nitrogens with one attached hydrogen (secondary N) is 1. The van der Waals surface area contributed by atoms with Crippen molar-refractivity contribution >= 4 is 40.1 Å². The summed E-state index contributed by atoms with van der Waals surface area (Å²) in [6.07, 6.45) is -2.76. The van der Waals surface area contributed by atoms with Gasteiger partial charge >= 0.3 is 0 Å². The van der Waals surface area contributed by atoms with Gasteiger partial charge in [0.25, 0.3) is 6.43 Å². The van der Waals surface area contributed by atoms with E-state index in [4.69, 9.17) is 28.9 Å². The average Bonchev–Trinajstić information content (AvgIpc) is 2.94. The number of aromatic nitrogens is 4. The molecule has 0 spiro atoms. The van der Waals surface area contributed by atoms with Gasteiger partial charge in [-0.2, -0.15) is 10.2 Å². The lowest BCUT2D eigenvalue weighted by molar-refractivity contribution is 0.147. The minimum absolute atomic E-state index is 0.0432. The molecule has 5 nitrogen and oxygen atoms in total. The smallest absolute Gasteiger partial charge is 0.282 e. The van der Waals surface area contributed by atoms with Gasteiger partial charge in [0.05, 0.1) is 21.1 Å². The van der Waals surface area contributed by atoms with Crippen LogP contribution in [0.25, 0.3) is 16.7 Å². The fraction of sp³-hybridized carbons (Fsp3) is 0.0909. The van der Waals surface area contributed by atoms with E-state index in [-0.39, 0.29) is 21.9 Å². The van der Waals surface area contributed by atoms with Crippen LogP contribution in [-0.4, -0.2) is 20.0 Å². The molecule has 3 aromatic rings. The number of hydrogen-bond donors (Lipinski definition) is 2. The van der Waals surface area contributed by atoms with Gasteiger partial charge in [-0.25, -0.2) is 13.5 Å². The summed E-state index contributed by atoms with van der Waals surface area (Å²) >= 11 is 11.7. The predicted molar refractivity (Wildman–Crippen MR) is 72.6 cm³/mol. The Balaban J connectivity index is 2.28. The zero-order valence-corrected chi connectivity index (χ0v) is 11.3. The van der Waals surface area contributed by atoms with Crippen molar-refractivity contribution < 1.29 is 8.78 Å². The summed E-state index contributed by atoms with van der Waals surface area (Å²) in [5, 5.41) is 11.0. The monoisotopic (exact) mass is 317 g/mol. The normalized spacial score (nSPS) is 11.7. The minimum atomic E-state index is -2.76. The Morgan fingerprint density at radius 1 is 1.25 bits per heavy atom. The summed E-state index contributed by atoms with van der Waals surface area (Å²) in [6.45, 7) is 0. The van der Waals surface area contributed by atoms with E-state index in [2.05, 4.69) is 15.3 Å². The number of benzene rings is 1. The van der Waals surface area contributed by atoms with Gasteiger partial charge in [0.15, 0.2) is 5.65 Å². The molecule has 20 heavy (non-hydrogen) atoms. The summed E-state index contributed by atoms with van der Waals surface area (Å²) in [5.41, 5.74) is 5.84. The van der Waals surface area contributed by atoms with Gasteiger partial charge in [-0.1, -0.05) is 23.2 Å². The number of nitrogens with zero attached hydrogens (tertiary/aromatic N) is 3. The largest absolute Gasteiger partial charge is 0.383 e.